The third-order valence-electron chi connectivity index (χ3n) is 7.52. The average Bonchev–Trinajstić information content (AvgIpc) is 3.27. The van der Waals surface area contributed by atoms with Gasteiger partial charge in [0.2, 0.25) is 0 Å². The number of hydrogen-bond donors (Lipinski definition) is 1. The first-order valence-electron chi connectivity index (χ1n) is 13.9. The van der Waals surface area contributed by atoms with Crippen LogP contribution < -0.4 is 10.1 Å². The summed E-state index contributed by atoms with van der Waals surface area (Å²) < 4.78 is 20.9. The summed E-state index contributed by atoms with van der Waals surface area (Å²) in [6.07, 6.45) is 13.3. The average molecular weight is 521 g/mol. The molecular weight excluding hydrogens is 475 g/mol. The molecule has 1 heterocycles. The third kappa shape index (κ3) is 7.59. The molecule has 0 aliphatic heterocycles. The van der Waals surface area contributed by atoms with E-state index in [1.54, 1.807) is 18.5 Å². The van der Waals surface area contributed by atoms with Crippen molar-refractivity contribution in [2.45, 2.75) is 104 Å². The number of aromatic nitrogens is 2. The molecule has 2 aromatic rings. The lowest BCUT2D eigenvalue weighted by Crippen LogP contribution is -2.42. The van der Waals surface area contributed by atoms with Crippen molar-refractivity contribution in [2.24, 2.45) is 10.4 Å². The maximum Gasteiger partial charge on any atom is 0.144 e. The first-order valence-corrected chi connectivity index (χ1v) is 13.9. The van der Waals surface area contributed by atoms with Crippen LogP contribution in [0, 0.1) is 11.2 Å². The van der Waals surface area contributed by atoms with Gasteiger partial charge in [0.1, 0.15) is 23.7 Å². The third-order valence-corrected chi connectivity index (χ3v) is 7.52. The minimum Gasteiger partial charge on any atom is -0.455 e. The Bertz CT molecular complexity index is 1160. The standard InChI is InChI=1S/C32H45FN4O/c1-9-28(27(35-11-3)15-17-32(10-2)16-14-24(19-32)37-31(6,7)8)38-29-13-12-23(33)18-25(29)26-20-34-21-36-30(26)22(4)5/h9,11-13,18,20-22,24,37H,3,10,14-17,19H2,1-2,4-8H3/b28-9+,35-27?. The first kappa shape index (κ1) is 29.7. The summed E-state index contributed by atoms with van der Waals surface area (Å²) in [7, 11) is 0. The van der Waals surface area contributed by atoms with Gasteiger partial charge in [-0.15, -0.1) is 0 Å². The van der Waals surface area contributed by atoms with E-state index in [4.69, 9.17) is 4.74 Å². The van der Waals surface area contributed by atoms with Gasteiger partial charge in [-0.05, 0) is 95.4 Å². The maximum atomic E-state index is 14.4. The van der Waals surface area contributed by atoms with Gasteiger partial charge in [-0.2, -0.15) is 0 Å². The van der Waals surface area contributed by atoms with Crippen LogP contribution in [0.5, 0.6) is 5.75 Å². The van der Waals surface area contributed by atoms with Gasteiger partial charge in [0, 0.05) is 35.1 Å². The monoisotopic (exact) mass is 520 g/mol. The molecule has 1 aliphatic carbocycles. The fraction of sp³-hybridized carbons (Fsp3) is 0.531. The van der Waals surface area contributed by atoms with Crippen molar-refractivity contribution in [1.82, 2.24) is 15.3 Å². The molecule has 0 saturated heterocycles. The van der Waals surface area contributed by atoms with Crippen molar-refractivity contribution in [3.05, 3.63) is 66.8 Å². The van der Waals surface area contributed by atoms with Gasteiger partial charge in [-0.25, -0.2) is 14.4 Å². The zero-order valence-electron chi connectivity index (χ0n) is 24.3. The number of rotatable bonds is 11. The molecule has 2 unspecified atom stereocenters. The second kappa shape index (κ2) is 12.8. The van der Waals surface area contributed by atoms with Crippen molar-refractivity contribution < 1.29 is 9.13 Å². The summed E-state index contributed by atoms with van der Waals surface area (Å²) in [5.41, 5.74) is 3.49. The van der Waals surface area contributed by atoms with Crippen LogP contribution in [-0.2, 0) is 0 Å². The predicted octanol–water partition coefficient (Wildman–Crippen LogP) is 8.39. The summed E-state index contributed by atoms with van der Waals surface area (Å²) >= 11 is 0. The summed E-state index contributed by atoms with van der Waals surface area (Å²) in [5.74, 6) is 1.02. The predicted molar refractivity (Wildman–Crippen MR) is 156 cm³/mol. The zero-order chi connectivity index (χ0) is 27.9. The van der Waals surface area contributed by atoms with Gasteiger partial charge < -0.3 is 10.1 Å². The van der Waals surface area contributed by atoms with E-state index in [0.717, 1.165) is 36.2 Å². The van der Waals surface area contributed by atoms with Gasteiger partial charge in [0.15, 0.2) is 0 Å². The molecule has 3 rings (SSSR count). The Labute approximate surface area is 228 Å². The highest BCUT2D eigenvalue weighted by molar-refractivity contribution is 5.99. The Morgan fingerprint density at radius 3 is 2.71 bits per heavy atom. The number of nitrogens with zero attached hydrogens (tertiary/aromatic N) is 3. The lowest BCUT2D eigenvalue weighted by molar-refractivity contribution is 0.247. The van der Waals surface area contributed by atoms with E-state index in [-0.39, 0.29) is 22.7 Å². The van der Waals surface area contributed by atoms with Crippen LogP contribution in [0.3, 0.4) is 0 Å². The molecule has 206 valence electrons. The minimum absolute atomic E-state index is 0.113. The number of hydrogen-bond acceptors (Lipinski definition) is 5. The number of ether oxygens (including phenoxy) is 1. The van der Waals surface area contributed by atoms with Crippen LogP contribution in [-0.4, -0.2) is 27.3 Å². The Kier molecular flexibility index (Phi) is 10.00. The van der Waals surface area contributed by atoms with Crippen molar-refractivity contribution in [3.63, 3.8) is 0 Å². The summed E-state index contributed by atoms with van der Waals surface area (Å²) in [6.45, 7) is 18.9. The van der Waals surface area contributed by atoms with Gasteiger partial charge in [-0.3, -0.25) is 4.99 Å². The summed E-state index contributed by atoms with van der Waals surface area (Å²) in [5, 5.41) is 3.80. The Morgan fingerprint density at radius 2 is 2.08 bits per heavy atom. The van der Waals surface area contributed by atoms with E-state index in [2.05, 4.69) is 68.4 Å². The van der Waals surface area contributed by atoms with E-state index in [1.807, 2.05) is 13.0 Å². The van der Waals surface area contributed by atoms with Gasteiger partial charge in [0.05, 0.1) is 11.4 Å². The molecule has 1 aromatic carbocycles. The molecule has 6 heteroatoms. The quantitative estimate of drug-likeness (QED) is 0.239. The molecule has 0 bridgehead atoms. The molecule has 1 aromatic heterocycles. The van der Waals surface area contributed by atoms with Crippen LogP contribution in [0.4, 0.5) is 4.39 Å². The highest BCUT2D eigenvalue weighted by Crippen LogP contribution is 2.45. The summed E-state index contributed by atoms with van der Waals surface area (Å²) in [6, 6.07) is 5.12. The largest absolute Gasteiger partial charge is 0.455 e. The number of halogens is 1. The molecule has 1 aliphatic rings. The molecule has 2 atom stereocenters. The van der Waals surface area contributed by atoms with Gasteiger partial charge in [0.25, 0.3) is 0 Å². The summed E-state index contributed by atoms with van der Waals surface area (Å²) in [4.78, 5) is 13.3. The van der Waals surface area contributed by atoms with Gasteiger partial charge in [-0.1, -0.05) is 33.8 Å². The van der Waals surface area contributed by atoms with Gasteiger partial charge >= 0.3 is 0 Å². The lowest BCUT2D eigenvalue weighted by atomic mass is 9.78. The van der Waals surface area contributed by atoms with Crippen molar-refractivity contribution in [3.8, 4) is 16.9 Å². The topological polar surface area (TPSA) is 59.4 Å². The second-order valence-corrected chi connectivity index (χ2v) is 11.8. The smallest absolute Gasteiger partial charge is 0.144 e. The molecule has 5 nitrogen and oxygen atoms in total. The lowest BCUT2D eigenvalue weighted by Gasteiger charge is -2.31. The zero-order valence-corrected chi connectivity index (χ0v) is 24.3. The first-order chi connectivity index (χ1) is 18.0. The second-order valence-electron chi connectivity index (χ2n) is 11.8. The fourth-order valence-corrected chi connectivity index (χ4v) is 5.62. The normalized spacial score (nSPS) is 20.7. The SMILES string of the molecule is C=CN=C(CCC1(CC)CCC(NC(C)(C)C)C1)/C(=C\C)Oc1ccc(F)cc1-c1cncnc1C(C)C. The Balaban J connectivity index is 1.85. The Morgan fingerprint density at radius 1 is 1.32 bits per heavy atom. The molecule has 1 N–H and O–H groups in total. The van der Waals surface area contributed by atoms with E-state index in [1.165, 1.54) is 37.7 Å². The van der Waals surface area contributed by atoms with Crippen LogP contribution in [0.1, 0.15) is 98.6 Å². The molecule has 1 saturated carbocycles. The fourth-order valence-electron chi connectivity index (χ4n) is 5.62. The van der Waals surface area contributed by atoms with Crippen LogP contribution >= 0.6 is 0 Å². The molecule has 1 fully saturated rings. The van der Waals surface area contributed by atoms with E-state index in [0.29, 0.717) is 23.1 Å². The Hall–Kier alpha value is -2.86. The van der Waals surface area contributed by atoms with Crippen LogP contribution in [0.25, 0.3) is 11.1 Å². The van der Waals surface area contributed by atoms with Crippen molar-refractivity contribution in [1.29, 1.82) is 0 Å². The highest BCUT2D eigenvalue weighted by atomic mass is 19.1. The van der Waals surface area contributed by atoms with E-state index < -0.39 is 0 Å². The van der Waals surface area contributed by atoms with E-state index >= 15 is 0 Å². The minimum atomic E-state index is -0.336. The molecule has 38 heavy (non-hydrogen) atoms. The maximum absolute atomic E-state index is 14.4. The number of allylic oxidation sites excluding steroid dienone is 2. The molecule has 0 amide bonds. The molecule has 0 radical (unpaired) electrons. The van der Waals surface area contributed by atoms with Crippen molar-refractivity contribution >= 4 is 5.71 Å². The number of nitrogens with one attached hydrogen (secondary N) is 1. The highest BCUT2D eigenvalue weighted by Gasteiger charge is 2.38. The number of benzene rings is 1. The number of aliphatic imine (C=N–C) groups is 1. The van der Waals surface area contributed by atoms with E-state index in [9.17, 15) is 4.39 Å². The molecule has 0 spiro atoms. The van der Waals surface area contributed by atoms with Crippen LogP contribution in [0.2, 0.25) is 0 Å². The van der Waals surface area contributed by atoms with Crippen LogP contribution in [0.15, 0.2) is 60.3 Å². The van der Waals surface area contributed by atoms with Crippen molar-refractivity contribution in [2.75, 3.05) is 0 Å². The molecular formula is C32H45FN4O.